The molecule has 0 unspecified atom stereocenters. The van der Waals surface area contributed by atoms with Crippen LogP contribution in [-0.4, -0.2) is 76.3 Å². The summed E-state index contributed by atoms with van der Waals surface area (Å²) >= 11 is 0. The van der Waals surface area contributed by atoms with Crippen molar-refractivity contribution in [1.29, 1.82) is 5.41 Å². The van der Waals surface area contributed by atoms with Gasteiger partial charge < -0.3 is 21.3 Å². The third kappa shape index (κ3) is 10.8. The molecule has 0 aliphatic carbocycles. The molecule has 1 heterocycles. The molecule has 0 spiro atoms. The van der Waals surface area contributed by atoms with Gasteiger partial charge in [-0.25, -0.2) is 8.42 Å². The zero-order valence-corrected chi connectivity index (χ0v) is 28.5. The highest BCUT2D eigenvalue weighted by atomic mass is 32.2. The lowest BCUT2D eigenvalue weighted by atomic mass is 9.98. The number of nitrogens with one attached hydrogen (secondary N) is 4. The predicted molar refractivity (Wildman–Crippen MR) is 187 cm³/mol. The summed E-state index contributed by atoms with van der Waals surface area (Å²) < 4.78 is 58.6. The highest BCUT2D eigenvalue weighted by Crippen LogP contribution is 2.19. The largest absolute Gasteiger partial charge is 0.370 e. The number of piperidine rings is 1. The van der Waals surface area contributed by atoms with Gasteiger partial charge in [0.2, 0.25) is 15.9 Å². The van der Waals surface area contributed by atoms with Crippen LogP contribution in [0.3, 0.4) is 0 Å². The first-order valence-corrected chi connectivity index (χ1v) is 18.4. The van der Waals surface area contributed by atoms with Crippen LogP contribution in [0.4, 0.5) is 0 Å². The fourth-order valence-electron chi connectivity index (χ4n) is 5.19. The third-order valence-corrected chi connectivity index (χ3v) is 10.2. The molecule has 1 aliphatic rings. The maximum atomic E-state index is 13.3. The predicted octanol–water partition coefficient (Wildman–Crippen LogP) is 2.88. The molecular weight excluding hydrogens is 669 g/mol. The molecule has 4 aromatic rings. The molecule has 0 bridgehead atoms. The van der Waals surface area contributed by atoms with E-state index in [0.29, 0.717) is 25.2 Å². The Labute approximate surface area is 286 Å². The number of nitrogens with two attached hydrogens (primary N) is 1. The highest BCUT2D eigenvalue weighted by Gasteiger charge is 2.28. The Morgan fingerprint density at radius 2 is 1.53 bits per heavy atom. The first kappa shape index (κ1) is 37.0. The summed E-state index contributed by atoms with van der Waals surface area (Å²) in [5.74, 6) is -0.917. The molecule has 49 heavy (non-hydrogen) atoms. The van der Waals surface area contributed by atoms with E-state index in [9.17, 15) is 26.4 Å². The number of sulfonamides is 1. The number of hydrogen-bond acceptors (Lipinski definition) is 7. The number of likely N-dealkylation sites (tertiary alicyclic amines) is 1. The number of amides is 2. The third-order valence-electron chi connectivity index (χ3n) is 7.89. The summed E-state index contributed by atoms with van der Waals surface area (Å²) in [5.41, 5.74) is 6.97. The van der Waals surface area contributed by atoms with Gasteiger partial charge >= 0.3 is 0 Å². The fraction of sp³-hybridized carbons (Fsp3) is 0.265. The minimum atomic E-state index is -4.09. The lowest BCUT2D eigenvalue weighted by Gasteiger charge is -2.33. The minimum Gasteiger partial charge on any atom is -0.370 e. The van der Waals surface area contributed by atoms with Crippen molar-refractivity contribution < 1.29 is 31.0 Å². The molecule has 0 radical (unpaired) electrons. The maximum Gasteiger partial charge on any atom is 0.294 e. The number of fused-ring (bicyclic) bond motifs is 1. The number of benzene rings is 4. The molecule has 1 aliphatic heterocycles. The molecule has 0 aromatic heterocycles. The van der Waals surface area contributed by atoms with Crippen LogP contribution in [-0.2, 0) is 24.9 Å². The van der Waals surface area contributed by atoms with Crippen LogP contribution in [0.5, 0.6) is 0 Å². The Morgan fingerprint density at radius 1 is 0.898 bits per heavy atom. The smallest absolute Gasteiger partial charge is 0.294 e. The summed E-state index contributed by atoms with van der Waals surface area (Å²) in [7, 11) is -8.11. The van der Waals surface area contributed by atoms with Gasteiger partial charge in [-0.1, -0.05) is 66.2 Å². The standard InChI is InChI=1S/C27H32N6O4S.C7H8O3S/c28-27(29)33-14-6-7-19(18-33)16-30-26(35)24(17-31-25(34)21-9-2-1-3-10-21)32-38(36,37)23-13-12-20-8-4-5-11-22(20)15-23;1-6-2-4-7(5-3-6)11(8,9)10/h1-5,8-13,15,19,24,32H,6-7,14,16-18H2,(H3,28,29)(H,30,35)(H,31,34);2-5H,1H3,(H,8,9,10)/t19-,24+;/m0./s1. The van der Waals surface area contributed by atoms with Crippen LogP contribution in [0, 0.1) is 18.3 Å². The van der Waals surface area contributed by atoms with Crippen molar-refractivity contribution in [3.63, 3.8) is 0 Å². The first-order valence-electron chi connectivity index (χ1n) is 15.5. The number of nitrogens with zero attached hydrogens (tertiary/aromatic N) is 1. The van der Waals surface area contributed by atoms with Gasteiger partial charge in [0.05, 0.1) is 9.79 Å². The summed E-state index contributed by atoms with van der Waals surface area (Å²) in [6, 6.07) is 25.4. The number of carbonyl (C=O) groups excluding carboxylic acids is 2. The van der Waals surface area contributed by atoms with Gasteiger partial charge in [-0.2, -0.15) is 13.1 Å². The van der Waals surface area contributed by atoms with Gasteiger partial charge in [0.1, 0.15) is 6.04 Å². The van der Waals surface area contributed by atoms with E-state index in [1.54, 1.807) is 59.5 Å². The molecular formula is C34H40N6O7S2. The van der Waals surface area contributed by atoms with Crippen molar-refractivity contribution >= 4 is 48.7 Å². The molecule has 2 atom stereocenters. The molecule has 5 rings (SSSR count). The Balaban J connectivity index is 0.000000418. The quantitative estimate of drug-likeness (QED) is 0.0811. The van der Waals surface area contributed by atoms with E-state index in [4.69, 9.17) is 15.7 Å². The summed E-state index contributed by atoms with van der Waals surface area (Å²) in [4.78, 5) is 27.5. The number of hydrogen-bond donors (Lipinski definition) is 6. The maximum absolute atomic E-state index is 13.3. The molecule has 260 valence electrons. The van der Waals surface area contributed by atoms with Crippen LogP contribution >= 0.6 is 0 Å². The van der Waals surface area contributed by atoms with Crippen LogP contribution in [0.1, 0.15) is 28.8 Å². The second-order valence-electron chi connectivity index (χ2n) is 11.6. The van der Waals surface area contributed by atoms with Gasteiger partial charge in [0.25, 0.3) is 16.0 Å². The molecule has 1 saturated heterocycles. The molecule has 13 nitrogen and oxygen atoms in total. The summed E-state index contributed by atoms with van der Waals surface area (Å²) in [6.45, 7) is 3.13. The lowest BCUT2D eigenvalue weighted by molar-refractivity contribution is -0.122. The van der Waals surface area contributed by atoms with Crippen molar-refractivity contribution in [2.45, 2.75) is 35.6 Å². The molecule has 0 saturated carbocycles. The van der Waals surface area contributed by atoms with Gasteiger partial charge in [0.15, 0.2) is 5.96 Å². The van der Waals surface area contributed by atoms with Gasteiger partial charge in [-0.05, 0) is 72.9 Å². The average molecular weight is 709 g/mol. The van der Waals surface area contributed by atoms with E-state index in [0.717, 1.165) is 29.2 Å². The van der Waals surface area contributed by atoms with Crippen molar-refractivity contribution in [3.8, 4) is 0 Å². The van der Waals surface area contributed by atoms with Crippen molar-refractivity contribution in [3.05, 3.63) is 108 Å². The number of rotatable bonds is 10. The van der Waals surface area contributed by atoms with Gasteiger partial charge in [-0.3, -0.25) is 19.6 Å². The highest BCUT2D eigenvalue weighted by molar-refractivity contribution is 7.89. The first-order chi connectivity index (χ1) is 23.2. The summed E-state index contributed by atoms with van der Waals surface area (Å²) in [5, 5.41) is 14.8. The second-order valence-corrected chi connectivity index (χ2v) is 14.8. The topological polar surface area (TPSA) is 212 Å². The molecule has 7 N–H and O–H groups in total. The van der Waals surface area contributed by atoms with Crippen LogP contribution < -0.4 is 21.1 Å². The monoisotopic (exact) mass is 708 g/mol. The normalized spacial score (nSPS) is 15.4. The van der Waals surface area contributed by atoms with Crippen LogP contribution in [0.15, 0.2) is 107 Å². The number of aryl methyl sites for hydroxylation is 1. The van der Waals surface area contributed by atoms with E-state index >= 15 is 0 Å². The van der Waals surface area contributed by atoms with E-state index < -0.39 is 38.0 Å². The van der Waals surface area contributed by atoms with E-state index in [1.165, 1.54) is 18.2 Å². The Morgan fingerprint density at radius 3 is 2.18 bits per heavy atom. The number of carbonyl (C=O) groups is 2. The van der Waals surface area contributed by atoms with E-state index in [2.05, 4.69) is 15.4 Å². The molecule has 2 amide bonds. The van der Waals surface area contributed by atoms with Gasteiger partial charge in [0, 0.05) is 31.7 Å². The van der Waals surface area contributed by atoms with Gasteiger partial charge in [-0.15, -0.1) is 0 Å². The van der Waals surface area contributed by atoms with E-state index in [1.807, 2.05) is 31.2 Å². The Bertz CT molecular complexity index is 1990. The molecule has 4 aromatic carbocycles. The number of guanidine groups is 1. The molecule has 1 fully saturated rings. The van der Waals surface area contributed by atoms with Crippen molar-refractivity contribution in [2.24, 2.45) is 11.7 Å². The lowest BCUT2D eigenvalue weighted by Crippen LogP contribution is -2.54. The fourth-order valence-corrected chi connectivity index (χ4v) is 6.90. The Hall–Kier alpha value is -4.83. The SMILES string of the molecule is Cc1ccc(S(=O)(=O)O)cc1.N=C(N)N1CCC[C@@H](CNC(=O)[C@@H](CNC(=O)c2ccccc2)NS(=O)(=O)c2ccc3ccccc3c2)C1. The van der Waals surface area contributed by atoms with Crippen molar-refractivity contribution in [2.75, 3.05) is 26.2 Å². The van der Waals surface area contributed by atoms with E-state index in [-0.39, 0.29) is 28.2 Å². The average Bonchev–Trinajstić information content (AvgIpc) is 3.09. The zero-order valence-electron chi connectivity index (χ0n) is 26.9. The molecule has 15 heteroatoms. The summed E-state index contributed by atoms with van der Waals surface area (Å²) in [6.07, 6.45) is 1.69. The van der Waals surface area contributed by atoms with Crippen molar-refractivity contribution in [1.82, 2.24) is 20.3 Å². The minimum absolute atomic E-state index is 0.00864. The van der Waals surface area contributed by atoms with Crippen LogP contribution in [0.25, 0.3) is 10.8 Å². The Kier molecular flexibility index (Phi) is 12.5. The second kappa shape index (κ2) is 16.5. The zero-order chi connectivity index (χ0) is 35.6. The van der Waals surface area contributed by atoms with Crippen LogP contribution in [0.2, 0.25) is 0 Å².